The highest BCUT2D eigenvalue weighted by Gasteiger charge is 2.17. The molecule has 166 valence electrons. The van der Waals surface area contributed by atoms with Crippen molar-refractivity contribution in [1.29, 1.82) is 0 Å². The molecule has 4 rings (SSSR count). The van der Waals surface area contributed by atoms with Crippen molar-refractivity contribution in [2.24, 2.45) is 0 Å². The molecule has 0 saturated heterocycles. The Morgan fingerprint density at radius 2 is 1.84 bits per heavy atom. The number of thiazole rings is 1. The molecule has 0 aliphatic carbocycles. The number of carbonyl (C=O) groups excluding carboxylic acids is 1. The van der Waals surface area contributed by atoms with Crippen molar-refractivity contribution < 1.29 is 23.4 Å². The molecule has 2 heterocycles. The van der Waals surface area contributed by atoms with E-state index in [-0.39, 0.29) is 18.4 Å². The summed E-state index contributed by atoms with van der Waals surface area (Å²) in [7, 11) is 4.80. The molecule has 0 spiro atoms. The molecule has 8 heteroatoms. The molecule has 32 heavy (non-hydrogen) atoms. The van der Waals surface area contributed by atoms with Crippen LogP contribution in [-0.4, -0.2) is 32.2 Å². The summed E-state index contributed by atoms with van der Waals surface area (Å²) in [6.45, 7) is 1.89. The highest BCUT2D eigenvalue weighted by atomic mass is 32.1. The van der Waals surface area contributed by atoms with E-state index in [9.17, 15) is 4.79 Å². The molecular formula is C24H24N2O5S. The quantitative estimate of drug-likeness (QED) is 0.405. The Labute approximate surface area is 189 Å². The number of methoxy groups -OCH3 is 3. The highest BCUT2D eigenvalue weighted by Crippen LogP contribution is 2.34. The number of nitrogens with one attached hydrogen (secondary N) is 1. The number of nitrogens with zero attached hydrogens (tertiary/aromatic N) is 1. The highest BCUT2D eigenvalue weighted by molar-refractivity contribution is 7.13. The van der Waals surface area contributed by atoms with E-state index in [0.29, 0.717) is 34.3 Å². The van der Waals surface area contributed by atoms with Crippen LogP contribution in [0.25, 0.3) is 21.5 Å². The predicted molar refractivity (Wildman–Crippen MR) is 124 cm³/mol. The maximum Gasteiger partial charge on any atom is 0.226 e. The molecule has 4 aromatic rings. The number of hydrogen-bond acceptors (Lipinski definition) is 7. The molecule has 1 unspecified atom stereocenters. The largest absolute Gasteiger partial charge is 0.493 e. The standard InChI is InChI=1S/C24H24N2O5S/c1-14(20-10-15-6-5-7-19(29-3)23(15)31-20)25-22(27)12-17-13-32-24(26-17)16-8-9-18(28-2)21(11-16)30-4/h5-11,13-14H,12H2,1-4H3,(H,25,27). The fourth-order valence-electron chi connectivity index (χ4n) is 3.45. The third-order valence-electron chi connectivity index (χ3n) is 5.08. The lowest BCUT2D eigenvalue weighted by Gasteiger charge is -2.10. The molecule has 1 N–H and O–H groups in total. The van der Waals surface area contributed by atoms with E-state index in [1.165, 1.54) is 11.3 Å². The molecule has 0 radical (unpaired) electrons. The average Bonchev–Trinajstić information content (AvgIpc) is 3.45. The first-order chi connectivity index (χ1) is 15.5. The zero-order valence-electron chi connectivity index (χ0n) is 18.3. The predicted octanol–water partition coefficient (Wildman–Crippen LogP) is 5.00. The van der Waals surface area contributed by atoms with Gasteiger partial charge >= 0.3 is 0 Å². The minimum Gasteiger partial charge on any atom is -0.493 e. The van der Waals surface area contributed by atoms with Crippen LogP contribution in [0.3, 0.4) is 0 Å². The Hall–Kier alpha value is -3.52. The summed E-state index contributed by atoms with van der Waals surface area (Å²) in [6.07, 6.45) is 0.178. The third kappa shape index (κ3) is 4.40. The first-order valence-electron chi connectivity index (χ1n) is 10.0. The Balaban J connectivity index is 1.43. The number of hydrogen-bond donors (Lipinski definition) is 1. The van der Waals surface area contributed by atoms with Crippen LogP contribution in [0.15, 0.2) is 52.3 Å². The number of carbonyl (C=O) groups is 1. The van der Waals surface area contributed by atoms with Gasteiger partial charge in [0.2, 0.25) is 5.91 Å². The van der Waals surface area contributed by atoms with Crippen LogP contribution >= 0.6 is 11.3 Å². The maximum absolute atomic E-state index is 12.6. The number of amides is 1. The zero-order chi connectivity index (χ0) is 22.7. The first-order valence-corrected chi connectivity index (χ1v) is 10.9. The minimum absolute atomic E-state index is 0.130. The normalized spacial score (nSPS) is 11.9. The summed E-state index contributed by atoms with van der Waals surface area (Å²) in [6, 6.07) is 13.0. The van der Waals surface area contributed by atoms with Gasteiger partial charge in [-0.15, -0.1) is 11.3 Å². The molecular weight excluding hydrogens is 428 g/mol. The summed E-state index contributed by atoms with van der Waals surface area (Å²) >= 11 is 1.48. The molecule has 0 aliphatic heterocycles. The van der Waals surface area contributed by atoms with Gasteiger partial charge in [-0.1, -0.05) is 12.1 Å². The number of furan rings is 1. The topological polar surface area (TPSA) is 82.8 Å². The zero-order valence-corrected chi connectivity index (χ0v) is 19.1. The van der Waals surface area contributed by atoms with Crippen LogP contribution < -0.4 is 19.5 Å². The molecule has 7 nitrogen and oxygen atoms in total. The van der Waals surface area contributed by atoms with Crippen molar-refractivity contribution in [3.8, 4) is 27.8 Å². The Morgan fingerprint density at radius 3 is 2.59 bits per heavy atom. The molecule has 0 fully saturated rings. The number of fused-ring (bicyclic) bond motifs is 1. The van der Waals surface area contributed by atoms with Gasteiger partial charge in [0.05, 0.1) is 39.5 Å². The second-order valence-electron chi connectivity index (χ2n) is 7.21. The smallest absolute Gasteiger partial charge is 0.226 e. The van der Waals surface area contributed by atoms with Crippen LogP contribution in [0, 0.1) is 0 Å². The Morgan fingerprint density at radius 1 is 1.06 bits per heavy atom. The van der Waals surface area contributed by atoms with Gasteiger partial charge in [-0.25, -0.2) is 4.98 Å². The van der Waals surface area contributed by atoms with Gasteiger partial charge in [0, 0.05) is 16.3 Å². The van der Waals surface area contributed by atoms with E-state index in [4.69, 9.17) is 18.6 Å². The van der Waals surface area contributed by atoms with Crippen molar-refractivity contribution in [2.75, 3.05) is 21.3 Å². The van der Waals surface area contributed by atoms with Crippen molar-refractivity contribution >= 4 is 28.2 Å². The van der Waals surface area contributed by atoms with Gasteiger partial charge in [-0.3, -0.25) is 4.79 Å². The fraction of sp³-hybridized carbons (Fsp3) is 0.250. The summed E-state index contributed by atoms with van der Waals surface area (Å²) in [5, 5.41) is 6.61. The summed E-state index contributed by atoms with van der Waals surface area (Å²) < 4.78 is 21.9. The van der Waals surface area contributed by atoms with E-state index < -0.39 is 0 Å². The van der Waals surface area contributed by atoms with Crippen molar-refractivity contribution in [2.45, 2.75) is 19.4 Å². The Kier molecular flexibility index (Phi) is 6.32. The van der Waals surface area contributed by atoms with Crippen LogP contribution in [0.1, 0.15) is 24.4 Å². The molecule has 1 atom stereocenters. The molecule has 0 aliphatic rings. The SMILES string of the molecule is COc1ccc(-c2nc(CC(=O)NC(C)c3cc4cccc(OC)c4o3)cs2)cc1OC. The Bertz CT molecular complexity index is 1250. The first kappa shape index (κ1) is 21.7. The number of aromatic nitrogens is 1. The fourth-order valence-corrected chi connectivity index (χ4v) is 4.27. The van der Waals surface area contributed by atoms with Gasteiger partial charge in [0.1, 0.15) is 10.8 Å². The number of rotatable bonds is 8. The average molecular weight is 453 g/mol. The monoisotopic (exact) mass is 452 g/mol. The lowest BCUT2D eigenvalue weighted by molar-refractivity contribution is -0.121. The van der Waals surface area contributed by atoms with Gasteiger partial charge < -0.3 is 23.9 Å². The summed E-state index contributed by atoms with van der Waals surface area (Å²) in [4.78, 5) is 17.2. The lowest BCUT2D eigenvalue weighted by atomic mass is 10.2. The second kappa shape index (κ2) is 9.32. The van der Waals surface area contributed by atoms with Gasteiger partial charge in [-0.05, 0) is 37.3 Å². The number of ether oxygens (including phenoxy) is 3. The lowest BCUT2D eigenvalue weighted by Crippen LogP contribution is -2.27. The van der Waals surface area contributed by atoms with Crippen molar-refractivity contribution in [3.05, 3.63) is 59.3 Å². The molecule has 0 bridgehead atoms. The number of benzene rings is 2. The molecule has 1 amide bonds. The molecule has 2 aromatic heterocycles. The molecule has 2 aromatic carbocycles. The van der Waals surface area contributed by atoms with Crippen LogP contribution in [0.4, 0.5) is 0 Å². The van der Waals surface area contributed by atoms with E-state index >= 15 is 0 Å². The summed E-state index contributed by atoms with van der Waals surface area (Å²) in [5.74, 6) is 2.49. The van der Waals surface area contributed by atoms with Crippen molar-refractivity contribution in [1.82, 2.24) is 10.3 Å². The van der Waals surface area contributed by atoms with E-state index in [1.807, 2.05) is 54.8 Å². The second-order valence-corrected chi connectivity index (χ2v) is 8.07. The van der Waals surface area contributed by atoms with Gasteiger partial charge in [-0.2, -0.15) is 0 Å². The van der Waals surface area contributed by atoms with Gasteiger partial charge in [0.25, 0.3) is 0 Å². The van der Waals surface area contributed by atoms with E-state index in [0.717, 1.165) is 16.0 Å². The van der Waals surface area contributed by atoms with Crippen molar-refractivity contribution in [3.63, 3.8) is 0 Å². The van der Waals surface area contributed by atoms with Crippen LogP contribution in [0.2, 0.25) is 0 Å². The minimum atomic E-state index is -0.288. The van der Waals surface area contributed by atoms with Gasteiger partial charge in [0.15, 0.2) is 22.8 Å². The number of para-hydroxylation sites is 1. The molecule has 0 saturated carbocycles. The third-order valence-corrected chi connectivity index (χ3v) is 6.02. The summed E-state index contributed by atoms with van der Waals surface area (Å²) in [5.41, 5.74) is 2.28. The van der Waals surface area contributed by atoms with Crippen LogP contribution in [-0.2, 0) is 11.2 Å². The van der Waals surface area contributed by atoms with E-state index in [1.54, 1.807) is 21.3 Å². The maximum atomic E-state index is 12.6. The van der Waals surface area contributed by atoms with E-state index in [2.05, 4.69) is 10.3 Å². The van der Waals surface area contributed by atoms with Crippen LogP contribution in [0.5, 0.6) is 17.2 Å².